The summed E-state index contributed by atoms with van der Waals surface area (Å²) in [5, 5.41) is 4.70. The van der Waals surface area contributed by atoms with Gasteiger partial charge >= 0.3 is 0 Å². The Morgan fingerprint density at radius 2 is 2.04 bits per heavy atom. The molecule has 1 saturated heterocycles. The van der Waals surface area contributed by atoms with Crippen molar-refractivity contribution in [2.24, 2.45) is 9.98 Å². The van der Waals surface area contributed by atoms with Gasteiger partial charge in [0, 0.05) is 51.5 Å². The van der Waals surface area contributed by atoms with E-state index in [0.29, 0.717) is 36.4 Å². The zero-order valence-electron chi connectivity index (χ0n) is 15.7. The van der Waals surface area contributed by atoms with Crippen molar-refractivity contribution in [3.8, 4) is 0 Å². The number of nitrogens with zero attached hydrogens (tertiary/aromatic N) is 7. The maximum absolute atomic E-state index is 12.7. The van der Waals surface area contributed by atoms with E-state index in [1.165, 1.54) is 0 Å². The first-order valence-electron chi connectivity index (χ1n) is 9.46. The highest BCUT2D eigenvalue weighted by atomic mass is 35.5. The average molecular weight is 390 g/mol. The van der Waals surface area contributed by atoms with E-state index in [4.69, 9.17) is 16.6 Å². The maximum Gasteiger partial charge on any atom is 0.276 e. The van der Waals surface area contributed by atoms with Crippen LogP contribution in [0.25, 0.3) is 0 Å². The summed E-state index contributed by atoms with van der Waals surface area (Å²) >= 11 is 6.18. The van der Waals surface area contributed by atoms with Crippen LogP contribution >= 0.6 is 11.6 Å². The van der Waals surface area contributed by atoms with E-state index in [1.807, 2.05) is 24.2 Å². The summed E-state index contributed by atoms with van der Waals surface area (Å²) in [6.45, 7) is 8.41. The van der Waals surface area contributed by atoms with Crippen LogP contribution in [0.3, 0.4) is 0 Å². The molecule has 1 unspecified atom stereocenters. The maximum atomic E-state index is 12.7. The lowest BCUT2D eigenvalue weighted by Gasteiger charge is -2.36. The van der Waals surface area contributed by atoms with Crippen molar-refractivity contribution in [3.05, 3.63) is 28.8 Å². The van der Waals surface area contributed by atoms with Gasteiger partial charge in [-0.15, -0.1) is 0 Å². The van der Waals surface area contributed by atoms with E-state index in [0.717, 1.165) is 37.7 Å². The van der Waals surface area contributed by atoms with Crippen LogP contribution in [0.1, 0.15) is 30.8 Å². The molecule has 9 heteroatoms. The third kappa shape index (κ3) is 3.45. The molecule has 3 aliphatic heterocycles. The lowest BCUT2D eigenvalue weighted by atomic mass is 10.2. The summed E-state index contributed by atoms with van der Waals surface area (Å²) < 4.78 is 1.69. The lowest BCUT2D eigenvalue weighted by molar-refractivity contribution is 0.0662. The van der Waals surface area contributed by atoms with Crippen LogP contribution in [-0.4, -0.2) is 81.3 Å². The SMILES string of the molecule is CCC1CN2C=NC(N3CCN(C(=O)c4nn(CC)cc4Cl)CC3)=CC2=N1. The summed E-state index contributed by atoms with van der Waals surface area (Å²) in [6, 6.07) is 0.351. The summed E-state index contributed by atoms with van der Waals surface area (Å²) in [7, 11) is 0. The van der Waals surface area contributed by atoms with Crippen molar-refractivity contribution >= 4 is 29.7 Å². The smallest absolute Gasteiger partial charge is 0.276 e. The molecule has 1 fully saturated rings. The fourth-order valence-electron chi connectivity index (χ4n) is 3.52. The molecule has 0 aromatic carbocycles. The number of aromatic nitrogens is 2. The number of hydrogen-bond acceptors (Lipinski definition) is 6. The molecule has 0 N–H and O–H groups in total. The van der Waals surface area contributed by atoms with Crippen molar-refractivity contribution < 1.29 is 4.79 Å². The number of fused-ring (bicyclic) bond motifs is 1. The van der Waals surface area contributed by atoms with E-state index in [2.05, 4.69) is 26.8 Å². The predicted octanol–water partition coefficient (Wildman–Crippen LogP) is 1.69. The second-order valence-corrected chi connectivity index (χ2v) is 7.32. The first-order chi connectivity index (χ1) is 13.1. The van der Waals surface area contributed by atoms with Gasteiger partial charge in [0.1, 0.15) is 11.7 Å². The van der Waals surface area contributed by atoms with Gasteiger partial charge in [0.2, 0.25) is 0 Å². The number of aliphatic imine (C=N–C) groups is 2. The highest BCUT2D eigenvalue weighted by Crippen LogP contribution is 2.21. The standard InChI is InChI=1S/C18H24ClN7O/c1-3-13-10-25-12-20-15(9-16(25)21-13)23-5-7-24(8-6-23)18(27)17-14(19)11-26(4-2)22-17/h9,11-13H,3-8,10H2,1-2H3. The quantitative estimate of drug-likeness (QED) is 0.785. The van der Waals surface area contributed by atoms with Gasteiger partial charge in [-0.25, -0.2) is 4.99 Å². The molecular formula is C18H24ClN7O. The fourth-order valence-corrected chi connectivity index (χ4v) is 3.75. The lowest BCUT2D eigenvalue weighted by Crippen LogP contribution is -2.48. The van der Waals surface area contributed by atoms with Gasteiger partial charge in [-0.1, -0.05) is 18.5 Å². The highest BCUT2D eigenvalue weighted by molar-refractivity contribution is 6.33. The van der Waals surface area contributed by atoms with Crippen LogP contribution in [-0.2, 0) is 6.54 Å². The van der Waals surface area contributed by atoms with E-state index in [-0.39, 0.29) is 5.91 Å². The monoisotopic (exact) mass is 389 g/mol. The second-order valence-electron chi connectivity index (χ2n) is 6.91. The van der Waals surface area contributed by atoms with Crippen molar-refractivity contribution in [1.82, 2.24) is 24.5 Å². The van der Waals surface area contributed by atoms with Gasteiger partial charge in [-0.05, 0) is 13.3 Å². The Bertz CT molecular complexity index is 820. The molecule has 1 aromatic rings. The molecule has 8 nitrogen and oxygen atoms in total. The number of amidine groups is 1. The average Bonchev–Trinajstić information content (AvgIpc) is 3.29. The van der Waals surface area contributed by atoms with Crippen LogP contribution in [0.15, 0.2) is 28.1 Å². The minimum Gasteiger partial charge on any atom is -0.353 e. The number of amides is 1. The largest absolute Gasteiger partial charge is 0.353 e. The Labute approximate surface area is 163 Å². The van der Waals surface area contributed by atoms with Crippen LogP contribution < -0.4 is 0 Å². The van der Waals surface area contributed by atoms with Crippen molar-refractivity contribution in [2.45, 2.75) is 32.9 Å². The molecule has 144 valence electrons. The minimum absolute atomic E-state index is 0.106. The normalized spacial score (nSPS) is 22.0. The van der Waals surface area contributed by atoms with Crippen molar-refractivity contribution in [1.29, 1.82) is 0 Å². The number of carbonyl (C=O) groups is 1. The van der Waals surface area contributed by atoms with E-state index in [9.17, 15) is 4.79 Å². The number of carbonyl (C=O) groups excluding carboxylic acids is 1. The zero-order chi connectivity index (χ0) is 19.0. The molecule has 0 saturated carbocycles. The van der Waals surface area contributed by atoms with Crippen LogP contribution in [0.5, 0.6) is 0 Å². The molecule has 0 radical (unpaired) electrons. The summed E-state index contributed by atoms with van der Waals surface area (Å²) in [5.41, 5.74) is 0.337. The van der Waals surface area contributed by atoms with Gasteiger partial charge in [-0.2, -0.15) is 5.10 Å². The summed E-state index contributed by atoms with van der Waals surface area (Å²) in [4.78, 5) is 28.2. The molecule has 4 rings (SSSR count). The second kappa shape index (κ2) is 7.34. The van der Waals surface area contributed by atoms with E-state index >= 15 is 0 Å². The summed E-state index contributed by atoms with van der Waals surface area (Å²) in [5.74, 6) is 1.80. The molecular weight excluding hydrogens is 366 g/mol. The van der Waals surface area contributed by atoms with E-state index < -0.39 is 0 Å². The summed E-state index contributed by atoms with van der Waals surface area (Å²) in [6.07, 6.45) is 6.66. The first-order valence-corrected chi connectivity index (χ1v) is 9.84. The molecule has 27 heavy (non-hydrogen) atoms. The third-order valence-corrected chi connectivity index (χ3v) is 5.49. The Balaban J connectivity index is 1.40. The van der Waals surface area contributed by atoms with Gasteiger partial charge in [0.25, 0.3) is 5.91 Å². The van der Waals surface area contributed by atoms with Crippen LogP contribution in [0, 0.1) is 0 Å². The molecule has 3 aliphatic rings. The number of piperazine rings is 1. The number of aryl methyl sites for hydroxylation is 1. The van der Waals surface area contributed by atoms with Crippen molar-refractivity contribution in [2.75, 3.05) is 32.7 Å². The molecule has 0 bridgehead atoms. The number of rotatable bonds is 4. The molecule has 0 aliphatic carbocycles. The van der Waals surface area contributed by atoms with Crippen LogP contribution in [0.4, 0.5) is 0 Å². The number of hydrogen-bond donors (Lipinski definition) is 0. The predicted molar refractivity (Wildman–Crippen MR) is 105 cm³/mol. The molecule has 1 amide bonds. The third-order valence-electron chi connectivity index (χ3n) is 5.21. The fraction of sp³-hybridized carbons (Fsp3) is 0.556. The topological polar surface area (TPSA) is 69.3 Å². The number of halogens is 1. The Morgan fingerprint density at radius 1 is 1.26 bits per heavy atom. The first kappa shape index (κ1) is 18.0. The van der Waals surface area contributed by atoms with Gasteiger partial charge < -0.3 is 14.7 Å². The molecule has 4 heterocycles. The van der Waals surface area contributed by atoms with Crippen LogP contribution in [0.2, 0.25) is 5.02 Å². The van der Waals surface area contributed by atoms with E-state index in [1.54, 1.807) is 10.9 Å². The Morgan fingerprint density at radius 3 is 2.70 bits per heavy atom. The minimum atomic E-state index is -0.106. The van der Waals surface area contributed by atoms with Gasteiger partial charge in [0.05, 0.1) is 17.4 Å². The molecule has 1 atom stereocenters. The Kier molecular flexibility index (Phi) is 4.90. The molecule has 0 spiro atoms. The van der Waals surface area contributed by atoms with Gasteiger partial charge in [0.15, 0.2) is 5.69 Å². The Hall–Kier alpha value is -2.35. The zero-order valence-corrected chi connectivity index (χ0v) is 16.4. The highest BCUT2D eigenvalue weighted by Gasteiger charge is 2.29. The molecule has 1 aromatic heterocycles. The van der Waals surface area contributed by atoms with Gasteiger partial charge in [-0.3, -0.25) is 14.5 Å². The van der Waals surface area contributed by atoms with Crippen molar-refractivity contribution in [3.63, 3.8) is 0 Å².